The first-order chi connectivity index (χ1) is 11.9. The van der Waals surface area contributed by atoms with Crippen molar-refractivity contribution in [3.63, 3.8) is 0 Å². The number of nitrogens with zero attached hydrogens (tertiary/aromatic N) is 1. The Morgan fingerprint density at radius 3 is 2.36 bits per heavy atom. The van der Waals surface area contributed by atoms with Gasteiger partial charge in [-0.25, -0.2) is 4.79 Å². The summed E-state index contributed by atoms with van der Waals surface area (Å²) in [5.41, 5.74) is -0.704. The molecule has 3 unspecified atom stereocenters. The Hall–Kier alpha value is -1.59. The third-order valence-electron chi connectivity index (χ3n) is 6.96. The molecule has 6 heteroatoms. The van der Waals surface area contributed by atoms with Gasteiger partial charge in [0.2, 0.25) is 5.91 Å². The lowest BCUT2D eigenvalue weighted by molar-refractivity contribution is -0.136. The van der Waals surface area contributed by atoms with Crippen molar-refractivity contribution in [1.29, 1.82) is 0 Å². The Bertz CT molecular complexity index is 585. The number of carbonyl (C=O) groups excluding carboxylic acids is 3. The van der Waals surface area contributed by atoms with Gasteiger partial charge in [0, 0.05) is 6.04 Å². The van der Waals surface area contributed by atoms with Gasteiger partial charge >= 0.3 is 6.03 Å². The molecule has 25 heavy (non-hydrogen) atoms. The lowest BCUT2D eigenvalue weighted by Crippen LogP contribution is -2.52. The molecular weight excluding hydrogens is 318 g/mol. The summed E-state index contributed by atoms with van der Waals surface area (Å²) in [6.07, 6.45) is 7.30. The number of nitrogens with one attached hydrogen (secondary N) is 2. The van der Waals surface area contributed by atoms with E-state index in [0.717, 1.165) is 43.4 Å². The Morgan fingerprint density at radius 2 is 1.76 bits per heavy atom. The Labute approximate surface area is 149 Å². The number of carbonyl (C=O) groups is 3. The molecule has 2 N–H and O–H groups in total. The molecule has 138 valence electrons. The highest BCUT2D eigenvalue weighted by atomic mass is 16.2. The molecule has 0 aromatic heterocycles. The van der Waals surface area contributed by atoms with Crippen LogP contribution in [0.25, 0.3) is 0 Å². The van der Waals surface area contributed by atoms with Gasteiger partial charge in [-0.3, -0.25) is 14.5 Å². The molecule has 0 aromatic rings. The van der Waals surface area contributed by atoms with E-state index < -0.39 is 5.54 Å². The van der Waals surface area contributed by atoms with E-state index in [4.69, 9.17) is 0 Å². The number of rotatable bonds is 5. The Kier molecular flexibility index (Phi) is 4.04. The van der Waals surface area contributed by atoms with Gasteiger partial charge in [-0.05, 0) is 55.8 Å². The molecule has 1 heterocycles. The van der Waals surface area contributed by atoms with E-state index in [1.165, 1.54) is 6.42 Å². The third-order valence-corrected chi connectivity index (χ3v) is 6.96. The van der Waals surface area contributed by atoms with Crippen molar-refractivity contribution >= 4 is 17.8 Å². The third kappa shape index (κ3) is 2.83. The average molecular weight is 347 g/mol. The smallest absolute Gasteiger partial charge is 0.325 e. The minimum atomic E-state index is -0.704. The molecule has 1 aliphatic heterocycles. The van der Waals surface area contributed by atoms with Gasteiger partial charge in [-0.2, -0.15) is 0 Å². The highest BCUT2D eigenvalue weighted by Crippen LogP contribution is 2.54. The first-order valence-corrected chi connectivity index (χ1v) is 9.87. The van der Waals surface area contributed by atoms with Crippen LogP contribution >= 0.6 is 0 Å². The number of hydrogen-bond acceptors (Lipinski definition) is 3. The molecule has 3 saturated carbocycles. The summed E-state index contributed by atoms with van der Waals surface area (Å²) in [5, 5.41) is 6.04. The minimum absolute atomic E-state index is 0.147. The Balaban J connectivity index is 1.41. The molecule has 4 fully saturated rings. The van der Waals surface area contributed by atoms with Gasteiger partial charge in [0.05, 0.1) is 0 Å². The molecular formula is C19H29N3O3. The minimum Gasteiger partial charge on any atom is -0.352 e. The summed E-state index contributed by atoms with van der Waals surface area (Å²) in [5.74, 6) is 1.18. The molecule has 3 atom stereocenters. The number of imide groups is 1. The van der Waals surface area contributed by atoms with Crippen molar-refractivity contribution in [3.8, 4) is 0 Å². The van der Waals surface area contributed by atoms with Gasteiger partial charge in [0.25, 0.3) is 5.91 Å². The van der Waals surface area contributed by atoms with Crippen LogP contribution in [0.15, 0.2) is 0 Å². The van der Waals surface area contributed by atoms with Crippen LogP contribution in [-0.2, 0) is 9.59 Å². The maximum atomic E-state index is 13.0. The summed E-state index contributed by atoms with van der Waals surface area (Å²) >= 11 is 0. The zero-order valence-electron chi connectivity index (χ0n) is 15.2. The van der Waals surface area contributed by atoms with Gasteiger partial charge in [0.1, 0.15) is 12.1 Å². The zero-order valence-corrected chi connectivity index (χ0v) is 15.2. The van der Waals surface area contributed by atoms with E-state index in [-0.39, 0.29) is 42.3 Å². The van der Waals surface area contributed by atoms with Crippen LogP contribution in [0.5, 0.6) is 0 Å². The summed E-state index contributed by atoms with van der Waals surface area (Å²) in [6.45, 7) is 4.25. The fraction of sp³-hybridized carbons (Fsp3) is 0.842. The number of urea groups is 1. The summed E-state index contributed by atoms with van der Waals surface area (Å²) in [7, 11) is 0. The van der Waals surface area contributed by atoms with Crippen LogP contribution in [-0.4, -0.2) is 40.9 Å². The van der Waals surface area contributed by atoms with Gasteiger partial charge in [-0.15, -0.1) is 0 Å². The maximum absolute atomic E-state index is 13.0. The molecule has 0 radical (unpaired) electrons. The molecule has 1 saturated heterocycles. The van der Waals surface area contributed by atoms with E-state index in [9.17, 15) is 14.4 Å². The zero-order chi connectivity index (χ0) is 17.8. The summed E-state index contributed by atoms with van der Waals surface area (Å²) < 4.78 is 0. The summed E-state index contributed by atoms with van der Waals surface area (Å²) in [6, 6.07) is -0.238. The maximum Gasteiger partial charge on any atom is 0.325 e. The predicted octanol–water partition coefficient (Wildman–Crippen LogP) is 2.04. The topological polar surface area (TPSA) is 78.5 Å². The first kappa shape index (κ1) is 16.9. The largest absolute Gasteiger partial charge is 0.352 e. The Morgan fingerprint density at radius 1 is 1.12 bits per heavy atom. The van der Waals surface area contributed by atoms with Crippen molar-refractivity contribution in [2.45, 2.75) is 70.4 Å². The van der Waals surface area contributed by atoms with Crippen molar-refractivity contribution in [3.05, 3.63) is 0 Å². The fourth-order valence-corrected chi connectivity index (χ4v) is 4.90. The molecule has 4 amide bonds. The highest BCUT2D eigenvalue weighted by Gasteiger charge is 2.65. The van der Waals surface area contributed by atoms with Crippen LogP contribution in [0.2, 0.25) is 0 Å². The highest BCUT2D eigenvalue weighted by molar-refractivity contribution is 6.09. The second-order valence-electron chi connectivity index (χ2n) is 8.68. The predicted molar refractivity (Wildman–Crippen MR) is 92.5 cm³/mol. The monoisotopic (exact) mass is 347 g/mol. The van der Waals surface area contributed by atoms with Crippen molar-refractivity contribution < 1.29 is 14.4 Å². The lowest BCUT2D eigenvalue weighted by Gasteiger charge is -2.34. The van der Waals surface area contributed by atoms with Gasteiger partial charge in [-0.1, -0.05) is 26.7 Å². The SMILES string of the molecule is CC1CCCC(NC(=O)CN2C(=O)NC(C3CC3)(C3CC3)C2=O)C1C. The van der Waals surface area contributed by atoms with Crippen LogP contribution in [0.1, 0.15) is 58.8 Å². The van der Waals surface area contributed by atoms with Crippen molar-refractivity contribution in [1.82, 2.24) is 15.5 Å². The lowest BCUT2D eigenvalue weighted by atomic mass is 9.78. The standard InChI is InChI=1S/C19H29N3O3/c1-11-4-3-5-15(12(11)2)20-16(23)10-22-17(24)19(13-6-7-13,14-8-9-14)21-18(22)25/h11-15H,3-10H2,1-2H3,(H,20,23)(H,21,25). The van der Waals surface area contributed by atoms with Crippen molar-refractivity contribution in [2.24, 2.45) is 23.7 Å². The second kappa shape index (κ2) is 5.99. The molecule has 0 spiro atoms. The van der Waals surface area contributed by atoms with E-state index in [1.807, 2.05) is 0 Å². The van der Waals surface area contributed by atoms with E-state index in [2.05, 4.69) is 24.5 Å². The molecule has 0 aromatic carbocycles. The summed E-state index contributed by atoms with van der Waals surface area (Å²) in [4.78, 5) is 39.1. The molecule has 6 nitrogen and oxygen atoms in total. The number of hydrogen-bond donors (Lipinski definition) is 2. The quantitative estimate of drug-likeness (QED) is 0.747. The van der Waals surface area contributed by atoms with Crippen LogP contribution in [0, 0.1) is 23.7 Å². The van der Waals surface area contributed by atoms with E-state index in [1.54, 1.807) is 0 Å². The molecule has 4 aliphatic rings. The van der Waals surface area contributed by atoms with Crippen molar-refractivity contribution in [2.75, 3.05) is 6.54 Å². The van der Waals surface area contributed by atoms with Gasteiger partial charge in [0.15, 0.2) is 0 Å². The first-order valence-electron chi connectivity index (χ1n) is 9.87. The fourth-order valence-electron chi connectivity index (χ4n) is 4.90. The van der Waals surface area contributed by atoms with Gasteiger partial charge < -0.3 is 10.6 Å². The van der Waals surface area contributed by atoms with E-state index in [0.29, 0.717) is 11.8 Å². The van der Waals surface area contributed by atoms with E-state index >= 15 is 0 Å². The second-order valence-corrected chi connectivity index (χ2v) is 8.68. The van der Waals surface area contributed by atoms with Crippen LogP contribution in [0.4, 0.5) is 4.79 Å². The molecule has 0 bridgehead atoms. The number of amides is 4. The average Bonchev–Trinajstić information content (AvgIpc) is 3.46. The molecule has 3 aliphatic carbocycles. The molecule has 4 rings (SSSR count). The van der Waals surface area contributed by atoms with Crippen LogP contribution in [0.3, 0.4) is 0 Å². The normalized spacial score (nSPS) is 34.8. The van der Waals surface area contributed by atoms with Crippen LogP contribution < -0.4 is 10.6 Å².